The molecule has 1 aromatic carbocycles. The van der Waals surface area contributed by atoms with Gasteiger partial charge in [0, 0.05) is 13.0 Å². The van der Waals surface area contributed by atoms with Crippen molar-refractivity contribution >= 4 is 13.0 Å². The number of carbonyl (C=O) groups is 1. The van der Waals surface area contributed by atoms with Crippen LogP contribution in [-0.4, -0.2) is 23.1 Å². The van der Waals surface area contributed by atoms with Crippen LogP contribution in [0.25, 0.3) is 0 Å². The molecule has 0 spiro atoms. The summed E-state index contributed by atoms with van der Waals surface area (Å²) < 4.78 is 0. The topological polar surface area (TPSA) is 69.6 Å². The molecule has 0 fully saturated rings. The van der Waals surface area contributed by atoms with E-state index in [1.807, 2.05) is 30.3 Å². The molecule has 0 aliphatic heterocycles. The van der Waals surface area contributed by atoms with Gasteiger partial charge in [0.1, 0.15) is 0 Å². The molecule has 0 bridgehead atoms. The van der Waals surface area contributed by atoms with Gasteiger partial charge in [0.15, 0.2) is 0 Å². The van der Waals surface area contributed by atoms with Crippen LogP contribution >= 0.6 is 0 Å². The van der Waals surface area contributed by atoms with Crippen LogP contribution in [0.15, 0.2) is 30.3 Å². The number of nitrogens with one attached hydrogen (secondary N) is 1. The minimum atomic E-state index is -1.44. The Morgan fingerprint density at radius 2 is 2.00 bits per heavy atom. The number of hydrogen-bond acceptors (Lipinski definition) is 3. The molecule has 0 saturated carbocycles. The summed E-state index contributed by atoms with van der Waals surface area (Å²) in [5, 5.41) is 20.4. The molecule has 16 heavy (non-hydrogen) atoms. The van der Waals surface area contributed by atoms with E-state index in [9.17, 15) is 4.79 Å². The lowest BCUT2D eigenvalue weighted by molar-refractivity contribution is -0.121. The molecule has 0 radical (unpaired) electrons. The third-order valence-corrected chi connectivity index (χ3v) is 2.35. The summed E-state index contributed by atoms with van der Waals surface area (Å²) in [5.41, 5.74) is 1.02. The molecule has 1 amide bonds. The van der Waals surface area contributed by atoms with Gasteiger partial charge in [0.25, 0.3) is 0 Å². The first-order valence-electron chi connectivity index (χ1n) is 5.26. The van der Waals surface area contributed by atoms with E-state index in [1.165, 1.54) is 0 Å². The fraction of sp³-hybridized carbons (Fsp3) is 0.364. The molecule has 1 rings (SSSR count). The Morgan fingerprint density at radius 3 is 2.56 bits per heavy atom. The lowest BCUT2D eigenvalue weighted by atomic mass is 9.72. The molecule has 5 heteroatoms. The van der Waals surface area contributed by atoms with Gasteiger partial charge in [-0.05, 0) is 11.4 Å². The van der Waals surface area contributed by atoms with Gasteiger partial charge in [0.05, 0.1) is 0 Å². The van der Waals surface area contributed by atoms with Gasteiger partial charge in [-0.2, -0.15) is 0 Å². The minimum absolute atomic E-state index is 0.116. The molecule has 0 aromatic heterocycles. The Bertz CT molecular complexity index is 329. The molecule has 0 saturated heterocycles. The number of amides is 1. The van der Waals surface area contributed by atoms with Crippen molar-refractivity contribution in [2.75, 3.05) is 0 Å². The third kappa shape index (κ3) is 4.46. The second kappa shape index (κ2) is 6.30. The van der Waals surface area contributed by atoms with Crippen LogP contribution in [-0.2, 0) is 11.3 Å². The predicted molar refractivity (Wildman–Crippen MR) is 62.5 cm³/mol. The largest absolute Gasteiger partial charge is 0.454 e. The number of rotatable bonds is 5. The Kier molecular flexibility index (Phi) is 5.02. The predicted octanol–water partition coefficient (Wildman–Crippen LogP) is 0.556. The molecule has 0 heterocycles. The SMILES string of the molecule is CC(CC(=O)NCc1ccccc1)B(O)O. The van der Waals surface area contributed by atoms with E-state index in [2.05, 4.69) is 5.32 Å². The Balaban J connectivity index is 2.31. The Morgan fingerprint density at radius 1 is 1.38 bits per heavy atom. The van der Waals surface area contributed by atoms with Crippen molar-refractivity contribution in [3.05, 3.63) is 35.9 Å². The summed E-state index contributed by atoms with van der Waals surface area (Å²) in [6.45, 7) is 2.08. The van der Waals surface area contributed by atoms with Gasteiger partial charge in [0.2, 0.25) is 5.91 Å². The van der Waals surface area contributed by atoms with Crippen LogP contribution in [0.2, 0.25) is 5.82 Å². The van der Waals surface area contributed by atoms with Crippen LogP contribution < -0.4 is 5.32 Å². The van der Waals surface area contributed by atoms with E-state index in [1.54, 1.807) is 6.92 Å². The highest BCUT2D eigenvalue weighted by Gasteiger charge is 2.20. The molecule has 1 atom stereocenters. The molecule has 1 unspecified atom stereocenters. The molecule has 0 aliphatic rings. The van der Waals surface area contributed by atoms with Crippen LogP contribution in [0.3, 0.4) is 0 Å². The highest BCUT2D eigenvalue weighted by atomic mass is 16.4. The van der Waals surface area contributed by atoms with E-state index in [0.717, 1.165) is 5.56 Å². The van der Waals surface area contributed by atoms with Crippen LogP contribution in [0, 0.1) is 0 Å². The van der Waals surface area contributed by atoms with Crippen molar-refractivity contribution in [3.63, 3.8) is 0 Å². The monoisotopic (exact) mass is 221 g/mol. The third-order valence-electron chi connectivity index (χ3n) is 2.35. The van der Waals surface area contributed by atoms with Crippen molar-refractivity contribution < 1.29 is 14.8 Å². The van der Waals surface area contributed by atoms with Crippen LogP contribution in [0.5, 0.6) is 0 Å². The second-order valence-electron chi connectivity index (χ2n) is 3.86. The normalized spacial score (nSPS) is 11.9. The zero-order valence-electron chi connectivity index (χ0n) is 9.26. The number of hydrogen-bond donors (Lipinski definition) is 3. The Hall–Kier alpha value is -1.33. The summed E-state index contributed by atoms with van der Waals surface area (Å²) in [6, 6.07) is 9.56. The molecular weight excluding hydrogens is 205 g/mol. The number of benzene rings is 1. The standard InChI is InChI=1S/C11H16BNO3/c1-9(12(15)16)7-11(14)13-8-10-5-3-2-4-6-10/h2-6,9,15-16H,7-8H2,1H3,(H,13,14). The first-order valence-corrected chi connectivity index (χ1v) is 5.26. The first kappa shape index (κ1) is 12.7. The van der Waals surface area contributed by atoms with Crippen molar-refractivity contribution in [1.29, 1.82) is 0 Å². The fourth-order valence-corrected chi connectivity index (χ4v) is 1.27. The van der Waals surface area contributed by atoms with Gasteiger partial charge in [-0.15, -0.1) is 0 Å². The summed E-state index contributed by atoms with van der Waals surface area (Å²) in [4.78, 5) is 11.4. The average molecular weight is 221 g/mol. The summed E-state index contributed by atoms with van der Waals surface area (Å²) in [6.07, 6.45) is 0.116. The maximum atomic E-state index is 11.4. The highest BCUT2D eigenvalue weighted by Crippen LogP contribution is 2.10. The highest BCUT2D eigenvalue weighted by molar-refractivity contribution is 6.43. The molecule has 4 nitrogen and oxygen atoms in total. The summed E-state index contributed by atoms with van der Waals surface area (Å²) in [7, 11) is -1.44. The average Bonchev–Trinajstić information content (AvgIpc) is 2.27. The smallest absolute Gasteiger partial charge is 0.427 e. The molecule has 0 aliphatic carbocycles. The van der Waals surface area contributed by atoms with Crippen molar-refractivity contribution in [3.8, 4) is 0 Å². The summed E-state index contributed by atoms with van der Waals surface area (Å²) in [5.74, 6) is -0.625. The maximum absolute atomic E-state index is 11.4. The zero-order valence-corrected chi connectivity index (χ0v) is 9.26. The van der Waals surface area contributed by atoms with Crippen LogP contribution in [0.4, 0.5) is 0 Å². The van der Waals surface area contributed by atoms with E-state index < -0.39 is 12.9 Å². The van der Waals surface area contributed by atoms with E-state index in [4.69, 9.17) is 10.0 Å². The van der Waals surface area contributed by atoms with E-state index in [0.29, 0.717) is 6.54 Å². The second-order valence-corrected chi connectivity index (χ2v) is 3.86. The first-order chi connectivity index (χ1) is 7.59. The minimum Gasteiger partial charge on any atom is -0.427 e. The van der Waals surface area contributed by atoms with Crippen molar-refractivity contribution in [2.24, 2.45) is 0 Å². The number of carbonyl (C=O) groups excluding carboxylic acids is 1. The van der Waals surface area contributed by atoms with Gasteiger partial charge in [-0.3, -0.25) is 4.79 Å². The van der Waals surface area contributed by atoms with Gasteiger partial charge in [-0.1, -0.05) is 37.3 Å². The van der Waals surface area contributed by atoms with E-state index >= 15 is 0 Å². The van der Waals surface area contributed by atoms with Crippen LogP contribution in [0.1, 0.15) is 18.9 Å². The molecule has 86 valence electrons. The van der Waals surface area contributed by atoms with Gasteiger partial charge >= 0.3 is 7.12 Å². The quantitative estimate of drug-likeness (QED) is 0.636. The molecular formula is C11H16BNO3. The summed E-state index contributed by atoms with van der Waals surface area (Å²) >= 11 is 0. The van der Waals surface area contributed by atoms with Crippen molar-refractivity contribution in [2.45, 2.75) is 25.7 Å². The maximum Gasteiger partial charge on any atom is 0.454 e. The zero-order chi connectivity index (χ0) is 12.0. The van der Waals surface area contributed by atoms with Gasteiger partial charge in [-0.25, -0.2) is 0 Å². The van der Waals surface area contributed by atoms with Gasteiger partial charge < -0.3 is 15.4 Å². The van der Waals surface area contributed by atoms with Crippen molar-refractivity contribution in [1.82, 2.24) is 5.32 Å². The van der Waals surface area contributed by atoms with E-state index in [-0.39, 0.29) is 12.3 Å². The Labute approximate surface area is 95.4 Å². The lowest BCUT2D eigenvalue weighted by Gasteiger charge is -2.10. The lowest BCUT2D eigenvalue weighted by Crippen LogP contribution is -2.28. The fourth-order valence-electron chi connectivity index (χ4n) is 1.27. The molecule has 3 N–H and O–H groups in total. The molecule has 1 aromatic rings.